The second-order valence-electron chi connectivity index (χ2n) is 5.39. The van der Waals surface area contributed by atoms with Crippen LogP contribution in [-0.4, -0.2) is 23.2 Å². The van der Waals surface area contributed by atoms with E-state index in [0.29, 0.717) is 22.6 Å². The lowest BCUT2D eigenvalue weighted by Gasteiger charge is -2.10. The highest BCUT2D eigenvalue weighted by Crippen LogP contribution is 2.24. The summed E-state index contributed by atoms with van der Waals surface area (Å²) in [7, 11) is -2.24. The molecule has 3 rings (SSSR count). The topological polar surface area (TPSA) is 76.9 Å². The van der Waals surface area contributed by atoms with Crippen molar-refractivity contribution >= 4 is 15.7 Å². The molecule has 0 atom stereocenters. The molecular weight excluding hydrogens is 331 g/mol. The summed E-state index contributed by atoms with van der Waals surface area (Å²) in [6, 6.07) is 10.6. The molecule has 0 aliphatic heterocycles. The Bertz CT molecular complexity index is 999. The van der Waals surface area contributed by atoms with Gasteiger partial charge in [0.1, 0.15) is 17.0 Å². The van der Waals surface area contributed by atoms with Gasteiger partial charge in [0.05, 0.1) is 0 Å². The molecule has 3 aromatic rings. The Hall–Kier alpha value is -2.74. The van der Waals surface area contributed by atoms with Crippen LogP contribution in [0.15, 0.2) is 53.7 Å². The molecule has 0 amide bonds. The van der Waals surface area contributed by atoms with E-state index in [4.69, 9.17) is 0 Å². The number of nitrogens with zero attached hydrogens (tertiary/aromatic N) is 3. The van der Waals surface area contributed by atoms with Crippen molar-refractivity contribution in [3.63, 3.8) is 0 Å². The van der Waals surface area contributed by atoms with Gasteiger partial charge in [-0.3, -0.25) is 4.72 Å². The van der Waals surface area contributed by atoms with E-state index in [2.05, 4.69) is 14.9 Å². The Kier molecular flexibility index (Phi) is 4.06. The highest BCUT2D eigenvalue weighted by atomic mass is 32.2. The molecule has 0 radical (unpaired) electrons. The summed E-state index contributed by atoms with van der Waals surface area (Å²) < 4.78 is 42.9. The summed E-state index contributed by atoms with van der Waals surface area (Å²) in [6.45, 7) is 1.70. The van der Waals surface area contributed by atoms with Gasteiger partial charge in [-0.05, 0) is 36.8 Å². The van der Waals surface area contributed by atoms with Crippen LogP contribution < -0.4 is 4.72 Å². The maximum Gasteiger partial charge on any atom is 0.264 e. The van der Waals surface area contributed by atoms with Crippen molar-refractivity contribution in [1.29, 1.82) is 0 Å². The molecule has 1 N–H and O–H groups in total. The van der Waals surface area contributed by atoms with E-state index in [-0.39, 0.29) is 4.90 Å². The number of benzene rings is 2. The van der Waals surface area contributed by atoms with Gasteiger partial charge in [0.25, 0.3) is 10.0 Å². The van der Waals surface area contributed by atoms with Crippen LogP contribution in [0, 0.1) is 12.7 Å². The lowest BCUT2D eigenvalue weighted by molar-refractivity contribution is 0.570. The molecule has 24 heavy (non-hydrogen) atoms. The quantitative estimate of drug-likeness (QED) is 0.788. The first-order valence-electron chi connectivity index (χ1n) is 7.10. The van der Waals surface area contributed by atoms with Gasteiger partial charge in [-0.25, -0.2) is 12.8 Å². The lowest BCUT2D eigenvalue weighted by Crippen LogP contribution is -2.14. The van der Waals surface area contributed by atoms with Crippen LogP contribution in [0.1, 0.15) is 5.56 Å². The third kappa shape index (κ3) is 3.13. The Morgan fingerprint density at radius 1 is 1.17 bits per heavy atom. The van der Waals surface area contributed by atoms with E-state index in [1.165, 1.54) is 12.1 Å². The largest absolute Gasteiger partial charge is 0.317 e. The minimum atomic E-state index is -4.03. The lowest BCUT2D eigenvalue weighted by atomic mass is 10.2. The Morgan fingerprint density at radius 2 is 1.96 bits per heavy atom. The molecule has 0 spiro atoms. The van der Waals surface area contributed by atoms with Crippen LogP contribution in [0.5, 0.6) is 0 Å². The van der Waals surface area contributed by atoms with Gasteiger partial charge >= 0.3 is 0 Å². The van der Waals surface area contributed by atoms with Gasteiger partial charge in [0, 0.05) is 18.3 Å². The highest BCUT2D eigenvalue weighted by Gasteiger charge is 2.19. The standard InChI is InChI=1S/C16H15FN4O2S/c1-11-6-7-14(17)15(8-11)24(22,23)20-13-5-3-4-12(9-13)16-19-18-10-21(16)2/h3-10,20H,1-2H3. The number of sulfonamides is 1. The monoisotopic (exact) mass is 346 g/mol. The van der Waals surface area contributed by atoms with Gasteiger partial charge in [0.2, 0.25) is 0 Å². The maximum absolute atomic E-state index is 13.9. The van der Waals surface area contributed by atoms with Crippen molar-refractivity contribution in [3.05, 3.63) is 60.2 Å². The first-order chi connectivity index (χ1) is 11.4. The van der Waals surface area contributed by atoms with E-state index in [1.807, 2.05) is 0 Å². The first-order valence-corrected chi connectivity index (χ1v) is 8.58. The summed E-state index contributed by atoms with van der Waals surface area (Å²) in [6.07, 6.45) is 1.55. The zero-order valence-electron chi connectivity index (χ0n) is 13.1. The predicted octanol–water partition coefficient (Wildman–Crippen LogP) is 2.73. The fourth-order valence-corrected chi connectivity index (χ4v) is 3.51. The normalized spacial score (nSPS) is 11.5. The number of hydrogen-bond acceptors (Lipinski definition) is 4. The number of anilines is 1. The molecular formula is C16H15FN4O2S. The van der Waals surface area contributed by atoms with Gasteiger partial charge < -0.3 is 4.57 Å². The maximum atomic E-state index is 13.9. The molecule has 8 heteroatoms. The minimum absolute atomic E-state index is 0.316. The predicted molar refractivity (Wildman–Crippen MR) is 88.4 cm³/mol. The average molecular weight is 346 g/mol. The van der Waals surface area contributed by atoms with Crippen molar-refractivity contribution < 1.29 is 12.8 Å². The number of halogens is 1. The second kappa shape index (κ2) is 6.04. The van der Waals surface area contributed by atoms with E-state index in [0.717, 1.165) is 6.07 Å². The fraction of sp³-hybridized carbons (Fsp3) is 0.125. The fourth-order valence-electron chi connectivity index (χ4n) is 2.29. The molecule has 124 valence electrons. The number of aromatic nitrogens is 3. The van der Waals surface area contributed by atoms with Crippen molar-refractivity contribution in [3.8, 4) is 11.4 Å². The number of aryl methyl sites for hydroxylation is 2. The van der Waals surface area contributed by atoms with Crippen LogP contribution >= 0.6 is 0 Å². The van der Waals surface area contributed by atoms with E-state index >= 15 is 0 Å². The van der Waals surface area contributed by atoms with Gasteiger partial charge in [0.15, 0.2) is 5.82 Å². The molecule has 0 saturated carbocycles. The van der Waals surface area contributed by atoms with E-state index in [1.54, 1.807) is 49.1 Å². The molecule has 1 heterocycles. The number of nitrogens with one attached hydrogen (secondary N) is 1. The average Bonchev–Trinajstić information content (AvgIpc) is 2.95. The van der Waals surface area contributed by atoms with Crippen molar-refractivity contribution in [1.82, 2.24) is 14.8 Å². The smallest absolute Gasteiger partial charge is 0.264 e. The third-order valence-electron chi connectivity index (χ3n) is 3.46. The Balaban J connectivity index is 1.96. The van der Waals surface area contributed by atoms with Crippen LogP contribution in [0.4, 0.5) is 10.1 Å². The van der Waals surface area contributed by atoms with Crippen LogP contribution in [0.3, 0.4) is 0 Å². The van der Waals surface area contributed by atoms with E-state index in [9.17, 15) is 12.8 Å². The third-order valence-corrected chi connectivity index (χ3v) is 4.86. The molecule has 0 aliphatic rings. The van der Waals surface area contributed by atoms with Crippen molar-refractivity contribution in [2.24, 2.45) is 7.05 Å². The molecule has 6 nitrogen and oxygen atoms in total. The molecule has 0 fully saturated rings. The first kappa shape index (κ1) is 16.1. The Morgan fingerprint density at radius 3 is 2.67 bits per heavy atom. The number of hydrogen-bond donors (Lipinski definition) is 1. The molecule has 1 aromatic heterocycles. The molecule has 0 aliphatic carbocycles. The molecule has 0 bridgehead atoms. The van der Waals surface area contributed by atoms with Crippen LogP contribution in [-0.2, 0) is 17.1 Å². The summed E-state index contributed by atoms with van der Waals surface area (Å²) >= 11 is 0. The van der Waals surface area contributed by atoms with Crippen molar-refractivity contribution in [2.75, 3.05) is 4.72 Å². The zero-order chi connectivity index (χ0) is 17.3. The van der Waals surface area contributed by atoms with Crippen molar-refractivity contribution in [2.45, 2.75) is 11.8 Å². The van der Waals surface area contributed by atoms with Gasteiger partial charge in [-0.2, -0.15) is 0 Å². The number of rotatable bonds is 4. The summed E-state index contributed by atoms with van der Waals surface area (Å²) in [5.41, 5.74) is 1.67. The Labute approximate surface area is 139 Å². The summed E-state index contributed by atoms with van der Waals surface area (Å²) in [5.74, 6) is -0.199. The van der Waals surface area contributed by atoms with Crippen LogP contribution in [0.25, 0.3) is 11.4 Å². The zero-order valence-corrected chi connectivity index (χ0v) is 13.9. The summed E-state index contributed by atoms with van der Waals surface area (Å²) in [4.78, 5) is -0.383. The van der Waals surface area contributed by atoms with Gasteiger partial charge in [-0.15, -0.1) is 10.2 Å². The SMILES string of the molecule is Cc1ccc(F)c(S(=O)(=O)Nc2cccc(-c3nncn3C)c2)c1. The molecule has 0 saturated heterocycles. The molecule has 2 aromatic carbocycles. The molecule has 0 unspecified atom stereocenters. The van der Waals surface area contributed by atoms with E-state index < -0.39 is 15.8 Å². The van der Waals surface area contributed by atoms with Crippen LogP contribution in [0.2, 0.25) is 0 Å². The second-order valence-corrected chi connectivity index (χ2v) is 7.04. The minimum Gasteiger partial charge on any atom is -0.317 e. The highest BCUT2D eigenvalue weighted by molar-refractivity contribution is 7.92. The van der Waals surface area contributed by atoms with Gasteiger partial charge in [-0.1, -0.05) is 18.2 Å². The summed E-state index contributed by atoms with van der Waals surface area (Å²) in [5, 5.41) is 7.78.